The maximum absolute atomic E-state index is 11.6. The van der Waals surface area contributed by atoms with Crippen LogP contribution < -0.4 is 5.73 Å². The Balaban J connectivity index is 0.000000346. The van der Waals surface area contributed by atoms with E-state index in [0.717, 1.165) is 12.0 Å². The third-order valence-corrected chi connectivity index (χ3v) is 5.24. The SMILES string of the molecule is CC[C@H](C)[C@H](N)C(=O)OCc1ccc([N+](=O)[O-])cc1.Cc1ccc(S(=O)(=O)O)cc1. The molecule has 3 N–H and O–H groups in total. The molecule has 0 fully saturated rings. The fraction of sp³-hybridized carbons (Fsp3) is 0.350. The smallest absolute Gasteiger partial charge is 0.323 e. The third kappa shape index (κ3) is 8.27. The van der Waals surface area contributed by atoms with E-state index < -0.39 is 27.1 Å². The van der Waals surface area contributed by atoms with Crippen molar-refractivity contribution in [3.63, 3.8) is 0 Å². The first kappa shape index (κ1) is 25.2. The summed E-state index contributed by atoms with van der Waals surface area (Å²) in [5.41, 5.74) is 7.39. The molecule has 10 heteroatoms. The summed E-state index contributed by atoms with van der Waals surface area (Å²) in [6, 6.07) is 11.2. The molecule has 0 spiro atoms. The van der Waals surface area contributed by atoms with Crippen molar-refractivity contribution in [2.24, 2.45) is 11.7 Å². The van der Waals surface area contributed by atoms with Crippen LogP contribution in [0.15, 0.2) is 53.4 Å². The topological polar surface area (TPSA) is 150 Å². The summed E-state index contributed by atoms with van der Waals surface area (Å²) in [6.45, 7) is 5.75. The van der Waals surface area contributed by atoms with Crippen LogP contribution in [0.2, 0.25) is 0 Å². The molecule has 0 aliphatic carbocycles. The van der Waals surface area contributed by atoms with Gasteiger partial charge in [0.1, 0.15) is 12.6 Å². The average Bonchev–Trinajstić information content (AvgIpc) is 2.71. The first-order chi connectivity index (χ1) is 14.0. The number of non-ortho nitro benzene ring substituents is 1. The Bertz CT molecular complexity index is 942. The van der Waals surface area contributed by atoms with Gasteiger partial charge in [-0.2, -0.15) is 8.42 Å². The molecule has 0 saturated carbocycles. The molecule has 0 radical (unpaired) electrons. The molecule has 0 aromatic heterocycles. The van der Waals surface area contributed by atoms with Crippen LogP contribution in [-0.2, 0) is 26.3 Å². The average molecular weight is 439 g/mol. The van der Waals surface area contributed by atoms with Gasteiger partial charge in [0.15, 0.2) is 0 Å². The van der Waals surface area contributed by atoms with Crippen molar-refractivity contribution in [3.8, 4) is 0 Å². The predicted molar refractivity (Wildman–Crippen MR) is 111 cm³/mol. The highest BCUT2D eigenvalue weighted by Gasteiger charge is 2.20. The van der Waals surface area contributed by atoms with E-state index in [1.165, 1.54) is 24.3 Å². The van der Waals surface area contributed by atoms with E-state index in [4.69, 9.17) is 15.0 Å². The van der Waals surface area contributed by atoms with Crippen molar-refractivity contribution >= 4 is 21.8 Å². The maximum atomic E-state index is 11.6. The molecule has 0 bridgehead atoms. The number of carbonyl (C=O) groups excluding carboxylic acids is 1. The fourth-order valence-electron chi connectivity index (χ4n) is 2.16. The Labute approximate surface area is 175 Å². The third-order valence-electron chi connectivity index (χ3n) is 4.38. The van der Waals surface area contributed by atoms with Crippen molar-refractivity contribution in [2.75, 3.05) is 0 Å². The summed E-state index contributed by atoms with van der Waals surface area (Å²) < 4.78 is 34.6. The fourth-order valence-corrected chi connectivity index (χ4v) is 2.64. The predicted octanol–water partition coefficient (Wildman–Crippen LogP) is 3.25. The number of esters is 1. The highest BCUT2D eigenvalue weighted by Crippen LogP contribution is 2.13. The van der Waals surface area contributed by atoms with Gasteiger partial charge in [0.05, 0.1) is 9.82 Å². The van der Waals surface area contributed by atoms with Crippen LogP contribution in [0.4, 0.5) is 5.69 Å². The van der Waals surface area contributed by atoms with Gasteiger partial charge in [-0.25, -0.2) is 0 Å². The summed E-state index contributed by atoms with van der Waals surface area (Å²) >= 11 is 0. The van der Waals surface area contributed by atoms with E-state index in [2.05, 4.69) is 0 Å². The van der Waals surface area contributed by atoms with E-state index in [1.54, 1.807) is 24.3 Å². The summed E-state index contributed by atoms with van der Waals surface area (Å²) in [5.74, 6) is -0.392. The normalized spacial score (nSPS) is 12.8. The lowest BCUT2D eigenvalue weighted by Crippen LogP contribution is -2.37. The number of nitro benzene ring substituents is 1. The zero-order valence-corrected chi connectivity index (χ0v) is 17.8. The van der Waals surface area contributed by atoms with Crippen LogP contribution in [0.25, 0.3) is 0 Å². The minimum Gasteiger partial charge on any atom is -0.460 e. The Morgan fingerprint density at radius 1 is 1.17 bits per heavy atom. The van der Waals surface area contributed by atoms with Gasteiger partial charge in [-0.15, -0.1) is 0 Å². The van der Waals surface area contributed by atoms with E-state index in [0.29, 0.717) is 5.56 Å². The van der Waals surface area contributed by atoms with E-state index in [-0.39, 0.29) is 23.1 Å². The quantitative estimate of drug-likeness (QED) is 0.289. The molecule has 0 amide bonds. The monoisotopic (exact) mass is 438 g/mol. The number of nitrogens with two attached hydrogens (primary N) is 1. The highest BCUT2D eigenvalue weighted by atomic mass is 32.2. The maximum Gasteiger partial charge on any atom is 0.323 e. The molecule has 30 heavy (non-hydrogen) atoms. The number of hydrogen-bond donors (Lipinski definition) is 2. The zero-order chi connectivity index (χ0) is 22.9. The van der Waals surface area contributed by atoms with E-state index in [1.807, 2.05) is 20.8 Å². The lowest BCUT2D eigenvalue weighted by molar-refractivity contribution is -0.384. The standard InChI is InChI=1S/C13H18N2O4.C7H8O3S/c1-3-9(2)12(14)13(16)19-8-10-4-6-11(7-5-10)15(17)18;1-6-2-4-7(5-3-6)11(8,9)10/h4-7,9,12H,3,8,14H2,1-2H3;2-5H,1H3,(H,8,9,10)/t9-,12-;/m0./s1. The number of ether oxygens (including phenoxy) is 1. The lowest BCUT2D eigenvalue weighted by Gasteiger charge is -2.16. The lowest BCUT2D eigenvalue weighted by atomic mass is 10.0. The number of aryl methyl sites for hydroxylation is 1. The van der Waals surface area contributed by atoms with Gasteiger partial charge in [-0.3, -0.25) is 19.5 Å². The minimum absolute atomic E-state index is 0.00591. The number of benzene rings is 2. The molecule has 164 valence electrons. The van der Waals surface area contributed by atoms with Gasteiger partial charge in [0, 0.05) is 12.1 Å². The summed E-state index contributed by atoms with van der Waals surface area (Å²) in [6.07, 6.45) is 0.799. The van der Waals surface area contributed by atoms with E-state index >= 15 is 0 Å². The van der Waals surface area contributed by atoms with Crippen LogP contribution in [0, 0.1) is 23.0 Å². The summed E-state index contributed by atoms with van der Waals surface area (Å²) in [7, 11) is -4.02. The molecule has 0 unspecified atom stereocenters. The van der Waals surface area contributed by atoms with Crippen molar-refractivity contribution in [1.82, 2.24) is 0 Å². The first-order valence-electron chi connectivity index (χ1n) is 9.15. The molecular weight excluding hydrogens is 412 g/mol. The van der Waals surface area contributed by atoms with Crippen LogP contribution >= 0.6 is 0 Å². The van der Waals surface area contributed by atoms with Crippen LogP contribution in [-0.4, -0.2) is 29.9 Å². The summed E-state index contributed by atoms with van der Waals surface area (Å²) in [5, 5.41) is 10.5. The molecule has 0 aliphatic rings. The number of nitro groups is 1. The Morgan fingerprint density at radius 2 is 1.70 bits per heavy atom. The van der Waals surface area contributed by atoms with Gasteiger partial charge < -0.3 is 10.5 Å². The molecule has 0 saturated heterocycles. The van der Waals surface area contributed by atoms with Gasteiger partial charge in [-0.1, -0.05) is 38.0 Å². The van der Waals surface area contributed by atoms with Crippen molar-refractivity contribution in [3.05, 3.63) is 69.8 Å². The number of nitrogens with zero attached hydrogens (tertiary/aromatic N) is 1. The van der Waals surface area contributed by atoms with Crippen LogP contribution in [0.3, 0.4) is 0 Å². The van der Waals surface area contributed by atoms with Crippen molar-refractivity contribution in [2.45, 2.75) is 44.7 Å². The van der Waals surface area contributed by atoms with Gasteiger partial charge in [-0.05, 0) is 42.7 Å². The first-order valence-corrected chi connectivity index (χ1v) is 10.6. The van der Waals surface area contributed by atoms with Crippen molar-refractivity contribution < 1.29 is 27.4 Å². The minimum atomic E-state index is -4.02. The van der Waals surface area contributed by atoms with Crippen LogP contribution in [0.1, 0.15) is 31.4 Å². The van der Waals surface area contributed by atoms with Gasteiger partial charge >= 0.3 is 5.97 Å². The zero-order valence-electron chi connectivity index (χ0n) is 17.0. The van der Waals surface area contributed by atoms with E-state index in [9.17, 15) is 23.3 Å². The number of hydrogen-bond acceptors (Lipinski definition) is 7. The van der Waals surface area contributed by atoms with Crippen molar-refractivity contribution in [1.29, 1.82) is 0 Å². The second-order valence-electron chi connectivity index (χ2n) is 6.73. The van der Waals surface area contributed by atoms with Crippen LogP contribution in [0.5, 0.6) is 0 Å². The Morgan fingerprint density at radius 3 is 2.13 bits per heavy atom. The molecule has 0 heterocycles. The second-order valence-corrected chi connectivity index (χ2v) is 8.15. The molecule has 2 aromatic rings. The molecule has 2 aromatic carbocycles. The molecule has 0 aliphatic heterocycles. The highest BCUT2D eigenvalue weighted by molar-refractivity contribution is 7.85. The molecule has 2 rings (SSSR count). The van der Waals surface area contributed by atoms with Gasteiger partial charge in [0.2, 0.25) is 0 Å². The summed E-state index contributed by atoms with van der Waals surface area (Å²) in [4.78, 5) is 21.6. The largest absolute Gasteiger partial charge is 0.460 e. The Hall–Kier alpha value is -2.82. The molecule has 2 atom stereocenters. The van der Waals surface area contributed by atoms with Gasteiger partial charge in [0.25, 0.3) is 15.8 Å². The molecule has 9 nitrogen and oxygen atoms in total. The second kappa shape index (κ2) is 11.4. The number of rotatable bonds is 7. The number of carbonyl (C=O) groups is 1. The molecular formula is C20H26N2O7S. The Kier molecular flexibility index (Phi) is 9.57.